The molecule has 7 nitrogen and oxygen atoms in total. The maximum Gasteiger partial charge on any atom is 0.274 e. The summed E-state index contributed by atoms with van der Waals surface area (Å²) in [6.07, 6.45) is 4.02. The number of anilines is 2. The first-order valence-corrected chi connectivity index (χ1v) is 12.1. The zero-order chi connectivity index (χ0) is 25.3. The maximum atomic E-state index is 14.6. The third-order valence-electron chi connectivity index (χ3n) is 5.91. The number of aromatic nitrogens is 2. The molecule has 35 heavy (non-hydrogen) atoms. The molecule has 11 heteroatoms. The number of nitrogens with zero attached hydrogens (tertiary/aromatic N) is 3. The lowest BCUT2D eigenvalue weighted by Gasteiger charge is -2.40. The molecule has 0 radical (unpaired) electrons. The molecule has 0 aliphatic carbocycles. The highest BCUT2D eigenvalue weighted by Gasteiger charge is 2.32. The Kier molecular flexibility index (Phi) is 7.29. The van der Waals surface area contributed by atoms with Crippen LogP contribution in [0.1, 0.15) is 17.4 Å². The predicted octanol–water partition coefficient (Wildman–Crippen LogP) is 3.68. The van der Waals surface area contributed by atoms with Gasteiger partial charge in [-0.05, 0) is 36.6 Å². The van der Waals surface area contributed by atoms with Crippen molar-refractivity contribution in [2.75, 3.05) is 29.6 Å². The van der Waals surface area contributed by atoms with Gasteiger partial charge in [-0.1, -0.05) is 6.92 Å². The lowest BCUT2D eigenvalue weighted by atomic mass is 9.92. The van der Waals surface area contributed by atoms with Crippen molar-refractivity contribution >= 4 is 29.0 Å². The summed E-state index contributed by atoms with van der Waals surface area (Å²) in [6, 6.07) is 5.47. The molecule has 4 N–H and O–H groups in total. The van der Waals surface area contributed by atoms with E-state index in [1.165, 1.54) is 6.20 Å². The highest BCUT2D eigenvalue weighted by Crippen LogP contribution is 2.32. The topological polar surface area (TPSA) is 104 Å². The number of aliphatic hydroxyl groups excluding tert-OH is 1. The largest absolute Gasteiger partial charge is 0.391 e. The van der Waals surface area contributed by atoms with E-state index in [1.807, 2.05) is 11.8 Å². The average Bonchev–Trinajstić information content (AvgIpc) is 2.83. The SMILES string of the molecule is CSc1cc(F)c(-c2nc(C(=O)Nc3cnccc3N3CC(C)C(O)C(N)C3)ccc2F)c(F)c1. The molecule has 1 fully saturated rings. The van der Waals surface area contributed by atoms with E-state index in [0.717, 1.165) is 36.0 Å². The molecule has 3 aromatic rings. The second-order valence-corrected chi connectivity index (χ2v) is 9.26. The molecule has 0 saturated carbocycles. The number of rotatable bonds is 5. The van der Waals surface area contributed by atoms with Crippen molar-refractivity contribution in [3.05, 3.63) is 65.9 Å². The first-order chi connectivity index (χ1) is 16.7. The highest BCUT2D eigenvalue weighted by atomic mass is 32.2. The Hall–Kier alpha value is -3.15. The van der Waals surface area contributed by atoms with Gasteiger partial charge in [-0.15, -0.1) is 11.8 Å². The van der Waals surface area contributed by atoms with Crippen LogP contribution >= 0.6 is 11.8 Å². The van der Waals surface area contributed by atoms with Gasteiger partial charge in [0.15, 0.2) is 0 Å². The fourth-order valence-electron chi connectivity index (χ4n) is 4.09. The molecule has 1 aliphatic rings. The molecule has 1 aromatic carbocycles. The lowest BCUT2D eigenvalue weighted by molar-refractivity contribution is 0.0785. The Morgan fingerprint density at radius 1 is 1.17 bits per heavy atom. The zero-order valence-corrected chi connectivity index (χ0v) is 19.8. The second kappa shape index (κ2) is 10.2. The van der Waals surface area contributed by atoms with Gasteiger partial charge in [0.1, 0.15) is 28.8 Å². The third-order valence-corrected chi connectivity index (χ3v) is 6.62. The molecule has 1 amide bonds. The van der Waals surface area contributed by atoms with E-state index < -0.39 is 46.8 Å². The van der Waals surface area contributed by atoms with E-state index in [1.54, 1.807) is 18.5 Å². The van der Waals surface area contributed by atoms with E-state index in [9.17, 15) is 23.1 Å². The zero-order valence-electron chi connectivity index (χ0n) is 19.0. The summed E-state index contributed by atoms with van der Waals surface area (Å²) in [4.78, 5) is 23.2. The van der Waals surface area contributed by atoms with Crippen molar-refractivity contribution in [1.82, 2.24) is 9.97 Å². The van der Waals surface area contributed by atoms with Crippen LogP contribution in [0, 0.1) is 23.4 Å². The summed E-state index contributed by atoms with van der Waals surface area (Å²) < 4.78 is 43.7. The number of carbonyl (C=O) groups excluding carboxylic acids is 1. The van der Waals surface area contributed by atoms with Crippen LogP contribution in [0.4, 0.5) is 24.5 Å². The van der Waals surface area contributed by atoms with Gasteiger partial charge in [0.05, 0.1) is 29.2 Å². The first kappa shape index (κ1) is 25.0. The Morgan fingerprint density at radius 2 is 1.89 bits per heavy atom. The highest BCUT2D eigenvalue weighted by molar-refractivity contribution is 7.98. The average molecular weight is 504 g/mol. The van der Waals surface area contributed by atoms with E-state index in [-0.39, 0.29) is 11.6 Å². The van der Waals surface area contributed by atoms with Gasteiger partial charge in [-0.2, -0.15) is 0 Å². The number of hydrogen-bond acceptors (Lipinski definition) is 7. The van der Waals surface area contributed by atoms with Crippen LogP contribution in [-0.4, -0.2) is 52.5 Å². The van der Waals surface area contributed by atoms with E-state index in [4.69, 9.17) is 5.73 Å². The normalized spacial score (nSPS) is 20.1. The number of amides is 1. The van der Waals surface area contributed by atoms with Crippen LogP contribution in [0.5, 0.6) is 0 Å². The van der Waals surface area contributed by atoms with Crippen molar-refractivity contribution < 1.29 is 23.1 Å². The maximum absolute atomic E-state index is 14.6. The number of carbonyl (C=O) groups is 1. The number of hydrogen-bond donors (Lipinski definition) is 3. The summed E-state index contributed by atoms with van der Waals surface area (Å²) in [7, 11) is 0. The van der Waals surface area contributed by atoms with Crippen LogP contribution in [0.15, 0.2) is 47.6 Å². The summed E-state index contributed by atoms with van der Waals surface area (Å²) >= 11 is 1.14. The number of aliphatic hydroxyl groups is 1. The van der Waals surface area contributed by atoms with E-state index in [0.29, 0.717) is 29.4 Å². The number of nitrogens with one attached hydrogen (secondary N) is 1. The first-order valence-electron chi connectivity index (χ1n) is 10.8. The molecule has 0 spiro atoms. The Balaban J connectivity index is 1.64. The Labute approximate surface area is 204 Å². The molecule has 3 unspecified atom stereocenters. The van der Waals surface area contributed by atoms with Gasteiger partial charge in [0.2, 0.25) is 0 Å². The predicted molar refractivity (Wildman–Crippen MR) is 129 cm³/mol. The molecule has 1 aliphatic heterocycles. The molecular formula is C24H24F3N5O2S. The second-order valence-electron chi connectivity index (χ2n) is 8.38. The van der Waals surface area contributed by atoms with Crippen LogP contribution in [0.25, 0.3) is 11.3 Å². The van der Waals surface area contributed by atoms with Crippen molar-refractivity contribution in [2.45, 2.75) is 24.0 Å². The summed E-state index contributed by atoms with van der Waals surface area (Å²) in [5.41, 5.74) is 5.57. The van der Waals surface area contributed by atoms with Gasteiger partial charge in [-0.3, -0.25) is 9.78 Å². The van der Waals surface area contributed by atoms with Crippen LogP contribution in [-0.2, 0) is 0 Å². The lowest BCUT2D eigenvalue weighted by Crippen LogP contribution is -2.55. The number of benzene rings is 1. The minimum absolute atomic E-state index is 0.0981. The van der Waals surface area contributed by atoms with Gasteiger partial charge >= 0.3 is 0 Å². The van der Waals surface area contributed by atoms with E-state index in [2.05, 4.69) is 15.3 Å². The van der Waals surface area contributed by atoms with Gasteiger partial charge in [0.25, 0.3) is 5.91 Å². The molecule has 3 atom stereocenters. The molecule has 0 bridgehead atoms. The Bertz CT molecular complexity index is 1230. The molecule has 2 aromatic heterocycles. The smallest absolute Gasteiger partial charge is 0.274 e. The third kappa shape index (κ3) is 5.12. The van der Waals surface area contributed by atoms with E-state index >= 15 is 0 Å². The van der Waals surface area contributed by atoms with Crippen molar-refractivity contribution in [3.63, 3.8) is 0 Å². The fraction of sp³-hybridized carbons (Fsp3) is 0.292. The number of thioether (sulfide) groups is 1. The van der Waals surface area contributed by atoms with Crippen molar-refractivity contribution in [3.8, 4) is 11.3 Å². The molecule has 184 valence electrons. The minimum atomic E-state index is -0.981. The summed E-state index contributed by atoms with van der Waals surface area (Å²) in [6.45, 7) is 2.75. The number of pyridine rings is 2. The number of halogens is 3. The van der Waals surface area contributed by atoms with Crippen molar-refractivity contribution in [1.29, 1.82) is 0 Å². The van der Waals surface area contributed by atoms with Crippen LogP contribution in [0.2, 0.25) is 0 Å². The van der Waals surface area contributed by atoms with Gasteiger partial charge in [-0.25, -0.2) is 18.2 Å². The van der Waals surface area contributed by atoms with Gasteiger partial charge < -0.3 is 21.1 Å². The minimum Gasteiger partial charge on any atom is -0.391 e. The molecule has 1 saturated heterocycles. The molecular weight excluding hydrogens is 479 g/mol. The van der Waals surface area contributed by atoms with Crippen LogP contribution in [0.3, 0.4) is 0 Å². The quantitative estimate of drug-likeness (QED) is 0.457. The van der Waals surface area contributed by atoms with Crippen molar-refractivity contribution in [2.24, 2.45) is 11.7 Å². The number of piperidine rings is 1. The Morgan fingerprint density at radius 3 is 2.54 bits per heavy atom. The summed E-state index contributed by atoms with van der Waals surface area (Å²) in [5.74, 6) is -3.74. The number of nitrogens with two attached hydrogens (primary N) is 1. The molecule has 3 heterocycles. The molecule has 4 rings (SSSR count). The van der Waals surface area contributed by atoms with Gasteiger partial charge in [0, 0.05) is 36.1 Å². The van der Waals surface area contributed by atoms with Crippen LogP contribution < -0.4 is 16.0 Å². The summed E-state index contributed by atoms with van der Waals surface area (Å²) in [5, 5.41) is 12.8. The standard InChI is InChI=1S/C24H24F3N5O2S/c1-12-10-32(11-17(28)23(12)33)20-5-6-29-9-19(20)31-24(34)18-4-3-14(25)22(30-18)21-15(26)7-13(35-2)8-16(21)27/h3-9,12,17,23,33H,10-11,28H2,1-2H3,(H,31,34). The monoisotopic (exact) mass is 503 g/mol. The fourth-order valence-corrected chi connectivity index (χ4v) is 4.54.